The van der Waals surface area contributed by atoms with Gasteiger partial charge >= 0.3 is 0 Å². The molecule has 100 valence electrons. The smallest absolute Gasteiger partial charge is 0.259 e. The van der Waals surface area contributed by atoms with Gasteiger partial charge in [0.15, 0.2) is 0 Å². The number of methoxy groups -OCH3 is 1. The van der Waals surface area contributed by atoms with Crippen LogP contribution in [0.2, 0.25) is 5.02 Å². The van der Waals surface area contributed by atoms with E-state index in [0.29, 0.717) is 22.3 Å². The van der Waals surface area contributed by atoms with Gasteiger partial charge in [0.05, 0.1) is 10.6 Å². The summed E-state index contributed by atoms with van der Waals surface area (Å²) in [6, 6.07) is 4.59. The van der Waals surface area contributed by atoms with Gasteiger partial charge in [-0.15, -0.1) is 0 Å². The Bertz CT molecular complexity index is 602. The monoisotopic (exact) mass is 280 g/mol. The topological polar surface area (TPSA) is 68.4 Å². The second-order valence-corrected chi connectivity index (χ2v) is 5.05. The number of hydrogen-bond acceptors (Lipinski definition) is 5. The fourth-order valence-corrected chi connectivity index (χ4v) is 2.41. The number of phenols is 1. The van der Waals surface area contributed by atoms with Gasteiger partial charge in [-0.25, -0.2) is 0 Å². The zero-order valence-electron chi connectivity index (χ0n) is 10.4. The van der Waals surface area contributed by atoms with E-state index in [1.54, 1.807) is 13.2 Å². The Kier molecular flexibility index (Phi) is 2.95. The Morgan fingerprint density at radius 2 is 2.21 bits per heavy atom. The van der Waals surface area contributed by atoms with Crippen molar-refractivity contribution in [3.8, 4) is 17.2 Å². The molecule has 1 aliphatic carbocycles. The first-order valence-corrected chi connectivity index (χ1v) is 6.41. The van der Waals surface area contributed by atoms with Crippen molar-refractivity contribution in [1.82, 2.24) is 10.1 Å². The zero-order valence-corrected chi connectivity index (χ0v) is 11.1. The maximum atomic E-state index is 9.50. The van der Waals surface area contributed by atoms with E-state index in [1.807, 2.05) is 0 Å². The lowest BCUT2D eigenvalue weighted by Crippen LogP contribution is -2.37. The number of aromatic hydroxyl groups is 1. The van der Waals surface area contributed by atoms with Crippen LogP contribution in [0.1, 0.15) is 25.1 Å². The van der Waals surface area contributed by atoms with Crippen molar-refractivity contribution in [2.75, 3.05) is 7.11 Å². The van der Waals surface area contributed by atoms with Crippen LogP contribution in [0.3, 0.4) is 0 Å². The standard InChI is InChI=1S/C13H13ClN2O3/c1-18-13(5-2-6-13)12-15-11(19-16-12)9-7-8(17)3-4-10(9)14/h3-4,7,17H,2,5-6H2,1H3. The molecule has 1 fully saturated rings. The van der Waals surface area contributed by atoms with E-state index in [1.165, 1.54) is 12.1 Å². The first-order valence-electron chi connectivity index (χ1n) is 6.03. The maximum Gasteiger partial charge on any atom is 0.259 e. The fraction of sp³-hybridized carbons (Fsp3) is 0.385. The van der Waals surface area contributed by atoms with Crippen LogP contribution in [-0.4, -0.2) is 22.4 Å². The highest BCUT2D eigenvalue weighted by atomic mass is 35.5. The molecule has 6 heteroatoms. The Labute approximate surface area is 115 Å². The molecule has 0 spiro atoms. The molecule has 0 radical (unpaired) electrons. The molecule has 1 aromatic carbocycles. The quantitative estimate of drug-likeness (QED) is 0.935. The van der Waals surface area contributed by atoms with E-state index in [9.17, 15) is 5.11 Å². The average molecular weight is 281 g/mol. The molecule has 5 nitrogen and oxygen atoms in total. The number of aromatic nitrogens is 2. The number of nitrogens with zero attached hydrogens (tertiary/aromatic N) is 2. The Morgan fingerprint density at radius 3 is 2.84 bits per heavy atom. The van der Waals surface area contributed by atoms with Crippen molar-refractivity contribution in [1.29, 1.82) is 0 Å². The molecule has 0 aliphatic heterocycles. The number of phenolic OH excluding ortho intramolecular Hbond substituents is 1. The van der Waals surface area contributed by atoms with E-state index in [0.717, 1.165) is 19.3 Å². The molecule has 1 aromatic heterocycles. The van der Waals surface area contributed by atoms with Gasteiger partial charge in [-0.3, -0.25) is 0 Å². The van der Waals surface area contributed by atoms with Crippen LogP contribution in [0.25, 0.3) is 11.5 Å². The molecular weight excluding hydrogens is 268 g/mol. The second kappa shape index (κ2) is 4.51. The molecule has 0 amide bonds. The van der Waals surface area contributed by atoms with Crippen LogP contribution < -0.4 is 0 Å². The second-order valence-electron chi connectivity index (χ2n) is 4.64. The van der Waals surface area contributed by atoms with Crippen molar-refractivity contribution in [2.24, 2.45) is 0 Å². The minimum absolute atomic E-state index is 0.101. The number of halogens is 1. The summed E-state index contributed by atoms with van der Waals surface area (Å²) in [5.41, 5.74) is 0.0939. The van der Waals surface area contributed by atoms with Crippen molar-refractivity contribution in [3.63, 3.8) is 0 Å². The molecule has 1 aliphatic rings. The lowest BCUT2D eigenvalue weighted by Gasteiger charge is -2.37. The van der Waals surface area contributed by atoms with Gasteiger partial charge in [-0.2, -0.15) is 4.98 Å². The highest BCUT2D eigenvalue weighted by Crippen LogP contribution is 2.43. The SMILES string of the molecule is COC1(c2noc(-c3cc(O)ccc3Cl)n2)CCC1. The predicted molar refractivity (Wildman–Crippen MR) is 68.9 cm³/mol. The fourth-order valence-electron chi connectivity index (χ4n) is 2.21. The van der Waals surface area contributed by atoms with Crippen molar-refractivity contribution >= 4 is 11.6 Å². The van der Waals surface area contributed by atoms with Crippen molar-refractivity contribution < 1.29 is 14.4 Å². The molecule has 0 unspecified atom stereocenters. The summed E-state index contributed by atoms with van der Waals surface area (Å²) >= 11 is 6.07. The normalized spacial score (nSPS) is 17.2. The zero-order chi connectivity index (χ0) is 13.5. The summed E-state index contributed by atoms with van der Waals surface area (Å²) in [5, 5.41) is 13.9. The lowest BCUT2D eigenvalue weighted by atomic mass is 9.79. The van der Waals surface area contributed by atoms with Crippen LogP contribution in [0.15, 0.2) is 22.7 Å². The largest absolute Gasteiger partial charge is 0.508 e. The van der Waals surface area contributed by atoms with E-state index in [-0.39, 0.29) is 5.75 Å². The summed E-state index contributed by atoms with van der Waals surface area (Å²) < 4.78 is 10.7. The van der Waals surface area contributed by atoms with Gasteiger partial charge in [0, 0.05) is 7.11 Å². The number of rotatable bonds is 3. The highest BCUT2D eigenvalue weighted by molar-refractivity contribution is 6.33. The van der Waals surface area contributed by atoms with Gasteiger partial charge in [-0.1, -0.05) is 16.8 Å². The van der Waals surface area contributed by atoms with Gasteiger partial charge in [0.1, 0.15) is 11.4 Å². The first kappa shape index (κ1) is 12.4. The van der Waals surface area contributed by atoms with Crippen LogP contribution in [0.5, 0.6) is 5.75 Å². The molecule has 1 saturated carbocycles. The number of ether oxygens (including phenoxy) is 1. The van der Waals surface area contributed by atoms with Gasteiger partial charge < -0.3 is 14.4 Å². The molecule has 0 atom stereocenters. The van der Waals surface area contributed by atoms with E-state index < -0.39 is 5.60 Å². The molecule has 1 heterocycles. The lowest BCUT2D eigenvalue weighted by molar-refractivity contribution is -0.0858. The predicted octanol–water partition coefficient (Wildman–Crippen LogP) is 3.12. The minimum Gasteiger partial charge on any atom is -0.508 e. The summed E-state index contributed by atoms with van der Waals surface area (Å²) in [6.07, 6.45) is 2.86. The van der Waals surface area contributed by atoms with Crippen molar-refractivity contribution in [3.05, 3.63) is 29.0 Å². The Balaban J connectivity index is 1.99. The summed E-state index contributed by atoms with van der Waals surface area (Å²) in [6.45, 7) is 0. The van der Waals surface area contributed by atoms with Gasteiger partial charge in [0.2, 0.25) is 5.82 Å². The summed E-state index contributed by atoms with van der Waals surface area (Å²) in [4.78, 5) is 4.35. The number of benzene rings is 1. The van der Waals surface area contributed by atoms with E-state index in [4.69, 9.17) is 20.9 Å². The Hall–Kier alpha value is -1.59. The minimum atomic E-state index is -0.426. The first-order chi connectivity index (χ1) is 9.14. The maximum absolute atomic E-state index is 9.50. The van der Waals surface area contributed by atoms with Crippen LogP contribution in [0, 0.1) is 0 Å². The summed E-state index contributed by atoms with van der Waals surface area (Å²) in [7, 11) is 1.65. The molecule has 1 N–H and O–H groups in total. The molecule has 0 bridgehead atoms. The third-order valence-electron chi connectivity index (χ3n) is 3.57. The third kappa shape index (κ3) is 1.99. The highest BCUT2D eigenvalue weighted by Gasteiger charge is 2.43. The molecular formula is C13H13ClN2O3. The van der Waals surface area contributed by atoms with Gasteiger partial charge in [0.25, 0.3) is 5.89 Å². The molecule has 2 aromatic rings. The van der Waals surface area contributed by atoms with Crippen molar-refractivity contribution in [2.45, 2.75) is 24.9 Å². The van der Waals surface area contributed by atoms with Gasteiger partial charge in [-0.05, 0) is 37.5 Å². The third-order valence-corrected chi connectivity index (χ3v) is 3.90. The molecule has 0 saturated heterocycles. The molecule has 19 heavy (non-hydrogen) atoms. The average Bonchev–Trinajstić information content (AvgIpc) is 2.81. The Morgan fingerprint density at radius 1 is 1.42 bits per heavy atom. The summed E-state index contributed by atoms with van der Waals surface area (Å²) in [5.74, 6) is 0.930. The van der Waals surface area contributed by atoms with Crippen LogP contribution in [-0.2, 0) is 10.3 Å². The number of hydrogen-bond donors (Lipinski definition) is 1. The van der Waals surface area contributed by atoms with E-state index >= 15 is 0 Å². The van der Waals surface area contributed by atoms with Crippen LogP contribution >= 0.6 is 11.6 Å². The van der Waals surface area contributed by atoms with Crippen LogP contribution in [0.4, 0.5) is 0 Å². The molecule has 3 rings (SSSR count). The van der Waals surface area contributed by atoms with E-state index in [2.05, 4.69) is 10.1 Å².